The predicted octanol–water partition coefficient (Wildman–Crippen LogP) is 0.964. The maximum Gasteiger partial charge on any atom is 0.0692 e. The minimum atomic E-state index is -0.208. The molecular formula is C8H19NOS. The first-order chi connectivity index (χ1) is 4.57. The molecule has 0 bridgehead atoms. The zero-order valence-corrected chi connectivity index (χ0v) is 8.59. The molecule has 1 aliphatic rings. The largest absolute Gasteiger partial charge is 0.391 e. The van der Waals surface area contributed by atoms with Gasteiger partial charge in [-0.15, -0.1) is 0 Å². The van der Waals surface area contributed by atoms with E-state index in [1.807, 2.05) is 6.92 Å². The van der Waals surface area contributed by atoms with E-state index in [1.54, 1.807) is 0 Å². The summed E-state index contributed by atoms with van der Waals surface area (Å²) in [5.41, 5.74) is 0.0417. The number of likely N-dealkylation sites (N-methyl/N-ethyl adjacent to an activating group) is 1. The van der Waals surface area contributed by atoms with Gasteiger partial charge in [0.2, 0.25) is 0 Å². The molecule has 68 valence electrons. The van der Waals surface area contributed by atoms with Crippen LogP contribution in [0.3, 0.4) is 0 Å². The average Bonchev–Trinajstić information content (AvgIpc) is 2.15. The van der Waals surface area contributed by atoms with Crippen molar-refractivity contribution in [3.8, 4) is 0 Å². The molecule has 0 spiro atoms. The summed E-state index contributed by atoms with van der Waals surface area (Å²) in [4.78, 5) is 2.25. The van der Waals surface area contributed by atoms with Gasteiger partial charge in [-0.25, -0.2) is 0 Å². The molecule has 1 N–H and O–H groups in total. The highest BCUT2D eigenvalue weighted by molar-refractivity contribution is 7.59. The van der Waals surface area contributed by atoms with E-state index in [-0.39, 0.29) is 25.1 Å². The Bertz CT molecular complexity index is 129. The van der Waals surface area contributed by atoms with Gasteiger partial charge in [0.15, 0.2) is 0 Å². The number of aliphatic hydroxyl groups excluding tert-OH is 1. The number of hydrogen-bond acceptors (Lipinski definition) is 2. The number of aliphatic hydroxyl groups is 1. The van der Waals surface area contributed by atoms with E-state index in [0.717, 1.165) is 13.0 Å². The molecule has 0 aromatic heterocycles. The van der Waals surface area contributed by atoms with Crippen LogP contribution >= 0.6 is 13.5 Å². The fourth-order valence-electron chi connectivity index (χ4n) is 1.65. The fraction of sp³-hybridized carbons (Fsp3) is 1.00. The van der Waals surface area contributed by atoms with Crippen LogP contribution in [0, 0.1) is 0 Å². The first-order valence-electron chi connectivity index (χ1n) is 3.96. The van der Waals surface area contributed by atoms with E-state index in [4.69, 9.17) is 0 Å². The Hall–Kier alpha value is 0.270. The molecular weight excluding hydrogens is 158 g/mol. The molecule has 0 aromatic rings. The second-order valence-electron chi connectivity index (χ2n) is 3.56. The van der Waals surface area contributed by atoms with Gasteiger partial charge in [-0.05, 0) is 40.3 Å². The van der Waals surface area contributed by atoms with Crippen LogP contribution in [0.4, 0.5) is 0 Å². The van der Waals surface area contributed by atoms with Crippen LogP contribution in [0.15, 0.2) is 0 Å². The number of likely N-dealkylation sites (tertiary alicyclic amines) is 1. The molecule has 1 fully saturated rings. The predicted molar refractivity (Wildman–Crippen MR) is 52.3 cm³/mol. The summed E-state index contributed by atoms with van der Waals surface area (Å²) in [7, 11) is 2.08. The van der Waals surface area contributed by atoms with Crippen LogP contribution < -0.4 is 0 Å². The van der Waals surface area contributed by atoms with Gasteiger partial charge >= 0.3 is 0 Å². The summed E-state index contributed by atoms with van der Waals surface area (Å²) in [6.45, 7) is 5.13. The van der Waals surface area contributed by atoms with Crippen LogP contribution in [0.25, 0.3) is 0 Å². The van der Waals surface area contributed by atoms with Gasteiger partial charge < -0.3 is 5.11 Å². The summed E-state index contributed by atoms with van der Waals surface area (Å²) >= 11 is 0. The highest BCUT2D eigenvalue weighted by Gasteiger charge is 2.37. The van der Waals surface area contributed by atoms with Crippen LogP contribution in [0.1, 0.15) is 26.7 Å². The Kier molecular flexibility index (Phi) is 3.88. The average molecular weight is 177 g/mol. The molecule has 0 radical (unpaired) electrons. The van der Waals surface area contributed by atoms with E-state index >= 15 is 0 Å². The van der Waals surface area contributed by atoms with Crippen molar-refractivity contribution in [1.29, 1.82) is 0 Å². The van der Waals surface area contributed by atoms with Crippen molar-refractivity contribution < 1.29 is 5.11 Å². The normalized spacial score (nSPS) is 34.9. The van der Waals surface area contributed by atoms with Gasteiger partial charge in [0.25, 0.3) is 0 Å². The molecule has 0 aliphatic carbocycles. The molecule has 0 saturated carbocycles. The standard InChI is InChI=1S/C8H17NO.H2S/c1-7(10)8(2)5-4-6-9(8)3;/h7,10H,4-6H2,1-3H3;1H2/t7-,8+;/m0./s1. The van der Waals surface area contributed by atoms with E-state index in [0.29, 0.717) is 0 Å². The zero-order chi connectivity index (χ0) is 7.78. The maximum atomic E-state index is 9.44. The third-order valence-corrected chi connectivity index (χ3v) is 2.95. The minimum Gasteiger partial charge on any atom is -0.391 e. The van der Waals surface area contributed by atoms with Crippen LogP contribution in [-0.4, -0.2) is 35.2 Å². The first kappa shape index (κ1) is 11.3. The quantitative estimate of drug-likeness (QED) is 0.645. The van der Waals surface area contributed by atoms with Crippen LogP contribution in [0.2, 0.25) is 0 Å². The molecule has 1 heterocycles. The van der Waals surface area contributed by atoms with Crippen LogP contribution in [0.5, 0.6) is 0 Å². The van der Waals surface area contributed by atoms with Gasteiger partial charge in [-0.2, -0.15) is 13.5 Å². The molecule has 1 rings (SSSR count). The molecule has 0 aromatic carbocycles. The van der Waals surface area contributed by atoms with Crippen molar-refractivity contribution in [2.75, 3.05) is 13.6 Å². The monoisotopic (exact) mass is 177 g/mol. The van der Waals surface area contributed by atoms with Crippen molar-refractivity contribution in [3.05, 3.63) is 0 Å². The fourth-order valence-corrected chi connectivity index (χ4v) is 1.65. The Morgan fingerprint density at radius 1 is 1.55 bits per heavy atom. The van der Waals surface area contributed by atoms with Gasteiger partial charge in [-0.1, -0.05) is 0 Å². The molecule has 0 unspecified atom stereocenters. The lowest BCUT2D eigenvalue weighted by Crippen LogP contribution is -2.47. The van der Waals surface area contributed by atoms with Gasteiger partial charge in [0, 0.05) is 5.54 Å². The molecule has 2 atom stereocenters. The van der Waals surface area contributed by atoms with Crippen LogP contribution in [-0.2, 0) is 0 Å². The molecule has 11 heavy (non-hydrogen) atoms. The van der Waals surface area contributed by atoms with Gasteiger partial charge in [0.05, 0.1) is 6.10 Å². The highest BCUT2D eigenvalue weighted by Crippen LogP contribution is 2.29. The zero-order valence-electron chi connectivity index (χ0n) is 7.59. The summed E-state index contributed by atoms with van der Waals surface area (Å²) in [6.07, 6.45) is 2.14. The van der Waals surface area contributed by atoms with E-state index in [1.165, 1.54) is 6.42 Å². The van der Waals surface area contributed by atoms with Crippen molar-refractivity contribution in [2.24, 2.45) is 0 Å². The number of rotatable bonds is 1. The molecule has 2 nitrogen and oxygen atoms in total. The smallest absolute Gasteiger partial charge is 0.0692 e. The molecule has 0 amide bonds. The lowest BCUT2D eigenvalue weighted by atomic mass is 9.93. The molecule has 3 heteroatoms. The lowest BCUT2D eigenvalue weighted by Gasteiger charge is -2.34. The third kappa shape index (κ3) is 1.89. The summed E-state index contributed by atoms with van der Waals surface area (Å²) in [6, 6.07) is 0. The Morgan fingerprint density at radius 2 is 2.09 bits per heavy atom. The summed E-state index contributed by atoms with van der Waals surface area (Å²) in [5, 5.41) is 9.44. The summed E-state index contributed by atoms with van der Waals surface area (Å²) in [5.74, 6) is 0. The minimum absolute atomic E-state index is 0. The number of nitrogens with zero attached hydrogens (tertiary/aromatic N) is 1. The highest BCUT2D eigenvalue weighted by atomic mass is 32.1. The summed E-state index contributed by atoms with van der Waals surface area (Å²) < 4.78 is 0. The van der Waals surface area contributed by atoms with Gasteiger partial charge in [-0.3, -0.25) is 4.90 Å². The van der Waals surface area contributed by atoms with Crippen molar-refractivity contribution >= 4 is 13.5 Å². The van der Waals surface area contributed by atoms with E-state index < -0.39 is 0 Å². The molecule has 1 saturated heterocycles. The maximum absolute atomic E-state index is 9.44. The van der Waals surface area contributed by atoms with Crippen molar-refractivity contribution in [2.45, 2.75) is 38.3 Å². The third-order valence-electron chi connectivity index (χ3n) is 2.95. The lowest BCUT2D eigenvalue weighted by molar-refractivity contribution is 0.0300. The Labute approximate surface area is 76.0 Å². The SMILES string of the molecule is C[C@H](O)[C@@]1(C)CCCN1C.S. The number of hydrogen-bond donors (Lipinski definition) is 1. The van der Waals surface area contributed by atoms with Gasteiger partial charge in [0.1, 0.15) is 0 Å². The Morgan fingerprint density at radius 3 is 2.27 bits per heavy atom. The van der Waals surface area contributed by atoms with E-state index in [2.05, 4.69) is 18.9 Å². The van der Waals surface area contributed by atoms with Crippen molar-refractivity contribution in [1.82, 2.24) is 4.90 Å². The molecule has 1 aliphatic heterocycles. The topological polar surface area (TPSA) is 23.5 Å². The second kappa shape index (κ2) is 3.78. The second-order valence-corrected chi connectivity index (χ2v) is 3.56. The Balaban J connectivity index is 0.000001000. The van der Waals surface area contributed by atoms with E-state index in [9.17, 15) is 5.11 Å². The first-order valence-corrected chi connectivity index (χ1v) is 3.96. The van der Waals surface area contributed by atoms with Crippen molar-refractivity contribution in [3.63, 3.8) is 0 Å².